The Bertz CT molecular complexity index is 516. The summed E-state index contributed by atoms with van der Waals surface area (Å²) in [5.74, 6) is 2.10. The monoisotopic (exact) mass is 284 g/mol. The van der Waals surface area contributed by atoms with E-state index in [1.807, 2.05) is 0 Å². The first-order chi connectivity index (χ1) is 10.2. The first-order valence-electron chi connectivity index (χ1n) is 8.77. The molecule has 0 amide bonds. The number of fused-ring (bicyclic) bond motifs is 2. The van der Waals surface area contributed by atoms with E-state index in [1.54, 1.807) is 0 Å². The zero-order valence-electron chi connectivity index (χ0n) is 13.5. The van der Waals surface area contributed by atoms with Crippen LogP contribution < -0.4 is 4.90 Å². The van der Waals surface area contributed by atoms with Gasteiger partial charge in [0.1, 0.15) is 0 Å². The Morgan fingerprint density at radius 3 is 2.43 bits per heavy atom. The number of anilines is 1. The molecule has 3 fully saturated rings. The summed E-state index contributed by atoms with van der Waals surface area (Å²) in [6, 6.07) is 7.66. The normalized spacial score (nSPS) is 32.9. The van der Waals surface area contributed by atoms with Gasteiger partial charge in [0.15, 0.2) is 0 Å². The van der Waals surface area contributed by atoms with E-state index >= 15 is 0 Å². The SMILES string of the molecule is Cc1cccc(N2CCN(C3CC4CCC3C4)CC2)c1C. The lowest BCUT2D eigenvalue weighted by Gasteiger charge is -2.42. The quantitative estimate of drug-likeness (QED) is 0.818. The van der Waals surface area contributed by atoms with Crippen LogP contribution in [-0.2, 0) is 0 Å². The Morgan fingerprint density at radius 2 is 1.76 bits per heavy atom. The average molecular weight is 284 g/mol. The lowest BCUT2D eigenvalue weighted by atomic mass is 9.93. The molecule has 3 aliphatic rings. The summed E-state index contributed by atoms with van der Waals surface area (Å²) >= 11 is 0. The molecule has 1 saturated heterocycles. The van der Waals surface area contributed by atoms with E-state index in [-0.39, 0.29) is 0 Å². The van der Waals surface area contributed by atoms with E-state index in [4.69, 9.17) is 0 Å². The standard InChI is InChI=1S/C19H28N2/c1-14-4-3-5-18(15(14)2)20-8-10-21(11-9-20)19-13-16-6-7-17(19)12-16/h3-5,16-17,19H,6-13H2,1-2H3. The maximum absolute atomic E-state index is 2.81. The van der Waals surface area contributed by atoms with Crippen LogP contribution in [0.2, 0.25) is 0 Å². The predicted octanol–water partition coefficient (Wildman–Crippen LogP) is 3.61. The van der Waals surface area contributed by atoms with Crippen molar-refractivity contribution in [2.45, 2.75) is 45.6 Å². The van der Waals surface area contributed by atoms with Crippen LogP contribution in [0.1, 0.15) is 36.8 Å². The van der Waals surface area contributed by atoms with Crippen molar-refractivity contribution >= 4 is 5.69 Å². The fourth-order valence-electron chi connectivity index (χ4n) is 5.03. The second-order valence-corrected chi connectivity index (χ2v) is 7.48. The zero-order valence-corrected chi connectivity index (χ0v) is 13.5. The van der Waals surface area contributed by atoms with Crippen molar-refractivity contribution in [3.63, 3.8) is 0 Å². The van der Waals surface area contributed by atoms with Crippen LogP contribution in [0.15, 0.2) is 18.2 Å². The third-order valence-electron chi connectivity index (χ3n) is 6.40. The summed E-state index contributed by atoms with van der Waals surface area (Å²) in [6.45, 7) is 9.44. The van der Waals surface area contributed by atoms with Crippen LogP contribution in [-0.4, -0.2) is 37.1 Å². The highest BCUT2D eigenvalue weighted by Gasteiger charge is 2.42. The summed E-state index contributed by atoms with van der Waals surface area (Å²) in [5, 5.41) is 0. The van der Waals surface area contributed by atoms with Gasteiger partial charge in [0.2, 0.25) is 0 Å². The Balaban J connectivity index is 1.42. The molecule has 21 heavy (non-hydrogen) atoms. The average Bonchev–Trinajstić information content (AvgIpc) is 3.13. The second kappa shape index (κ2) is 5.31. The first-order valence-corrected chi connectivity index (χ1v) is 8.77. The van der Waals surface area contributed by atoms with Gasteiger partial charge in [-0.15, -0.1) is 0 Å². The minimum Gasteiger partial charge on any atom is -0.369 e. The summed E-state index contributed by atoms with van der Waals surface area (Å²) in [7, 11) is 0. The van der Waals surface area contributed by atoms with Crippen molar-refractivity contribution in [3.8, 4) is 0 Å². The Morgan fingerprint density at radius 1 is 0.952 bits per heavy atom. The third-order valence-corrected chi connectivity index (χ3v) is 6.40. The molecule has 114 valence electrons. The van der Waals surface area contributed by atoms with E-state index in [1.165, 1.54) is 68.7 Å². The molecular weight excluding hydrogens is 256 g/mol. The van der Waals surface area contributed by atoms with Crippen molar-refractivity contribution in [1.29, 1.82) is 0 Å². The molecule has 0 N–H and O–H groups in total. The molecule has 1 aromatic rings. The Hall–Kier alpha value is -1.02. The molecule has 0 spiro atoms. The number of hydrogen-bond donors (Lipinski definition) is 0. The molecule has 3 atom stereocenters. The van der Waals surface area contributed by atoms with Gasteiger partial charge in [0, 0.05) is 37.9 Å². The summed E-state index contributed by atoms with van der Waals surface area (Å²) in [6.07, 6.45) is 6.05. The highest BCUT2D eigenvalue weighted by atomic mass is 15.3. The predicted molar refractivity (Wildman–Crippen MR) is 88.9 cm³/mol. The van der Waals surface area contributed by atoms with E-state index in [0.29, 0.717) is 0 Å². The van der Waals surface area contributed by atoms with Gasteiger partial charge < -0.3 is 4.90 Å². The van der Waals surface area contributed by atoms with E-state index in [0.717, 1.165) is 17.9 Å². The molecular formula is C19H28N2. The molecule has 4 rings (SSSR count). The summed E-state index contributed by atoms with van der Waals surface area (Å²) < 4.78 is 0. The fourth-order valence-corrected chi connectivity index (χ4v) is 5.03. The highest BCUT2D eigenvalue weighted by Crippen LogP contribution is 2.46. The topological polar surface area (TPSA) is 6.48 Å². The molecule has 2 heteroatoms. The van der Waals surface area contributed by atoms with Crippen LogP contribution in [0.25, 0.3) is 0 Å². The van der Waals surface area contributed by atoms with Gasteiger partial charge in [-0.25, -0.2) is 0 Å². The van der Waals surface area contributed by atoms with Crippen molar-refractivity contribution in [2.24, 2.45) is 11.8 Å². The van der Waals surface area contributed by atoms with Gasteiger partial charge >= 0.3 is 0 Å². The van der Waals surface area contributed by atoms with Crippen molar-refractivity contribution in [2.75, 3.05) is 31.1 Å². The minimum atomic E-state index is 0.921. The van der Waals surface area contributed by atoms with Gasteiger partial charge in [0.25, 0.3) is 0 Å². The number of benzene rings is 1. The van der Waals surface area contributed by atoms with Gasteiger partial charge in [-0.3, -0.25) is 4.90 Å². The second-order valence-electron chi connectivity index (χ2n) is 7.48. The molecule has 3 unspecified atom stereocenters. The molecule has 2 saturated carbocycles. The van der Waals surface area contributed by atoms with Gasteiger partial charge in [-0.05, 0) is 62.1 Å². The molecule has 0 radical (unpaired) electrons. The molecule has 2 bridgehead atoms. The Kier molecular flexibility index (Phi) is 3.45. The smallest absolute Gasteiger partial charge is 0.0399 e. The van der Waals surface area contributed by atoms with Gasteiger partial charge in [-0.1, -0.05) is 18.6 Å². The van der Waals surface area contributed by atoms with Crippen LogP contribution in [0, 0.1) is 25.7 Å². The maximum Gasteiger partial charge on any atom is 0.0399 e. The minimum absolute atomic E-state index is 0.921. The molecule has 2 nitrogen and oxygen atoms in total. The van der Waals surface area contributed by atoms with Crippen molar-refractivity contribution in [3.05, 3.63) is 29.3 Å². The Labute approximate surface area is 129 Å². The van der Waals surface area contributed by atoms with Crippen molar-refractivity contribution in [1.82, 2.24) is 4.90 Å². The lowest BCUT2D eigenvalue weighted by molar-refractivity contribution is 0.135. The maximum atomic E-state index is 2.81. The summed E-state index contributed by atoms with van der Waals surface area (Å²) in [5.41, 5.74) is 4.34. The van der Waals surface area contributed by atoms with Crippen molar-refractivity contribution < 1.29 is 0 Å². The summed E-state index contributed by atoms with van der Waals surface area (Å²) in [4.78, 5) is 5.41. The molecule has 0 aromatic heterocycles. The van der Waals surface area contributed by atoms with Crippen LogP contribution in [0.4, 0.5) is 5.69 Å². The van der Waals surface area contributed by atoms with Gasteiger partial charge in [0.05, 0.1) is 0 Å². The van der Waals surface area contributed by atoms with E-state index in [9.17, 15) is 0 Å². The zero-order chi connectivity index (χ0) is 14.4. The number of rotatable bonds is 2. The number of piperazine rings is 1. The van der Waals surface area contributed by atoms with Crippen LogP contribution in [0.3, 0.4) is 0 Å². The highest BCUT2D eigenvalue weighted by molar-refractivity contribution is 5.56. The third kappa shape index (κ3) is 2.38. The molecule has 1 aliphatic heterocycles. The fraction of sp³-hybridized carbons (Fsp3) is 0.684. The molecule has 1 aromatic carbocycles. The largest absolute Gasteiger partial charge is 0.369 e. The molecule has 1 heterocycles. The number of nitrogens with zero attached hydrogens (tertiary/aromatic N) is 2. The lowest BCUT2D eigenvalue weighted by Crippen LogP contribution is -2.51. The van der Waals surface area contributed by atoms with Gasteiger partial charge in [-0.2, -0.15) is 0 Å². The number of aryl methyl sites for hydroxylation is 1. The van der Waals surface area contributed by atoms with E-state index in [2.05, 4.69) is 41.8 Å². The van der Waals surface area contributed by atoms with E-state index < -0.39 is 0 Å². The number of hydrogen-bond acceptors (Lipinski definition) is 2. The first kappa shape index (κ1) is 13.6. The van der Waals surface area contributed by atoms with Crippen LogP contribution in [0.5, 0.6) is 0 Å². The molecule has 2 aliphatic carbocycles. The van der Waals surface area contributed by atoms with Crippen LogP contribution >= 0.6 is 0 Å².